The number of non-ortho nitro benzene ring substituents is 1. The molecule has 1 aliphatic rings. The number of nitro groups is 1. The number of allylic oxidation sites excluding steroid dienone is 2. The third-order valence-electron chi connectivity index (χ3n) is 10.9. The van der Waals surface area contributed by atoms with Gasteiger partial charge in [-0.05, 0) is 73.3 Å². The molecule has 1 atom stereocenters. The van der Waals surface area contributed by atoms with E-state index in [1.54, 1.807) is 48.4 Å². The fraction of sp³-hybridized carbons (Fsp3) is 0.327. The van der Waals surface area contributed by atoms with Crippen LogP contribution in [0.4, 0.5) is 5.69 Å². The number of rotatable bonds is 23. The summed E-state index contributed by atoms with van der Waals surface area (Å²) in [6.45, 7) is 3.05. The van der Waals surface area contributed by atoms with Gasteiger partial charge in [0.15, 0.2) is 29.1 Å². The molecule has 0 aliphatic carbocycles. The van der Waals surface area contributed by atoms with Crippen LogP contribution in [-0.2, 0) is 46.5 Å². The molecule has 75 heavy (non-hydrogen) atoms. The van der Waals surface area contributed by atoms with Gasteiger partial charge in [0.2, 0.25) is 0 Å². The van der Waals surface area contributed by atoms with Gasteiger partial charge in [-0.25, -0.2) is 9.59 Å². The van der Waals surface area contributed by atoms with E-state index in [9.17, 15) is 50.0 Å². The van der Waals surface area contributed by atoms with Crippen LogP contribution in [0.15, 0.2) is 120 Å². The maximum atomic E-state index is 13.3. The van der Waals surface area contributed by atoms with E-state index in [-0.39, 0.29) is 23.4 Å². The average Bonchev–Trinajstić information content (AvgIpc) is 3.39. The normalized spacial score (nSPS) is 12.7. The monoisotopic (exact) mass is 1050 g/mol. The molecular weight excluding hydrogens is 991 g/mol. The van der Waals surface area contributed by atoms with Gasteiger partial charge in [0.1, 0.15) is 19.8 Å². The molecule has 1 aromatic heterocycles. The summed E-state index contributed by atoms with van der Waals surface area (Å²) < 4.78 is 32.1. The number of likely N-dealkylation sites (N-methyl/N-ethyl adjacent to an activating group) is 1. The lowest BCUT2D eigenvalue weighted by atomic mass is 9.80. The number of benzene rings is 4. The summed E-state index contributed by atoms with van der Waals surface area (Å²) in [5.74, 6) is 0.705. The zero-order chi connectivity index (χ0) is 55.2. The SMILES string of the molecule is COC(=O)C1=C(C)NC(C)=C(C(=O)OCCN(C)Cc2ccccc2)C1c1cccc([N+](=O)[O-])c1.COc1ccc(Cc2nccc3cc(OC)c(OC)cc23)cc1OC.O=[N+]([O-])OCC(CO[N+](=O)[O-])O[N+](=O)[O-]. The largest absolute Gasteiger partial charge is 0.493 e. The Hall–Kier alpha value is -9.33. The Bertz CT molecular complexity index is 2860. The first kappa shape index (κ1) is 58.2. The highest BCUT2D eigenvalue weighted by molar-refractivity contribution is 6.00. The van der Waals surface area contributed by atoms with Gasteiger partial charge in [-0.3, -0.25) is 20.0 Å². The van der Waals surface area contributed by atoms with Gasteiger partial charge >= 0.3 is 11.9 Å². The molecule has 1 N–H and O–H groups in total. The minimum atomic E-state index is -1.55. The van der Waals surface area contributed by atoms with Gasteiger partial charge in [-0.1, -0.05) is 48.5 Å². The minimum absolute atomic E-state index is 0.136. The van der Waals surface area contributed by atoms with Crippen LogP contribution in [0.3, 0.4) is 0 Å². The number of esters is 2. The van der Waals surface area contributed by atoms with Crippen LogP contribution in [0, 0.1) is 40.5 Å². The number of aromatic nitrogens is 1. The molecule has 5 aromatic rings. The Balaban J connectivity index is 0.000000265. The average molecular weight is 1050 g/mol. The smallest absolute Gasteiger partial charge is 0.336 e. The Labute approximate surface area is 428 Å². The quantitative estimate of drug-likeness (QED) is 0.0413. The van der Waals surface area contributed by atoms with Gasteiger partial charge < -0.3 is 48.3 Å². The summed E-state index contributed by atoms with van der Waals surface area (Å²) in [7, 11) is 9.71. The summed E-state index contributed by atoms with van der Waals surface area (Å²) in [6.07, 6.45) is 0.938. The van der Waals surface area contributed by atoms with Crippen molar-refractivity contribution in [3.8, 4) is 23.0 Å². The second-order valence-electron chi connectivity index (χ2n) is 15.9. The molecule has 1 unspecified atom stereocenters. The lowest BCUT2D eigenvalue weighted by Gasteiger charge is -2.30. The fourth-order valence-electron chi connectivity index (χ4n) is 7.55. The molecule has 6 rings (SSSR count). The van der Waals surface area contributed by atoms with Gasteiger partial charge in [-0.15, -0.1) is 30.3 Å². The van der Waals surface area contributed by atoms with Gasteiger partial charge in [-0.2, -0.15) is 0 Å². The van der Waals surface area contributed by atoms with Crippen LogP contribution in [0.25, 0.3) is 10.8 Å². The Morgan fingerprint density at radius 2 is 1.28 bits per heavy atom. The van der Waals surface area contributed by atoms with E-state index in [2.05, 4.69) is 24.8 Å². The van der Waals surface area contributed by atoms with E-state index in [1.165, 1.54) is 25.3 Å². The standard InChI is InChI=1S/C26H29N3O6.C20H21NO4.C3H5N3O9/c1-17-22(25(30)34-4)24(20-11-8-12-21(15-20)29(32)33)23(18(2)27-17)26(31)35-14-13-28(3)16-19-9-6-5-7-10-19;1-22-17-6-5-13(10-18(17)23-2)9-16-15-12-20(25-4)19(24-3)11-14(15)7-8-21-16;7-4(8)13-1-3(15-6(11)12)2-14-5(9)10/h5-12,15,24,27H,13-14,16H2,1-4H3;5-8,10-12H,9H2,1-4H3;3H,1-2H2. The van der Waals surface area contributed by atoms with E-state index < -0.39 is 57.4 Å². The molecule has 0 amide bonds. The Kier molecular flexibility index (Phi) is 22.2. The number of nitrogens with one attached hydrogen (secondary N) is 1. The molecule has 4 aromatic carbocycles. The summed E-state index contributed by atoms with van der Waals surface area (Å²) >= 11 is 0. The number of nitrogens with zero attached hydrogens (tertiary/aromatic N) is 6. The van der Waals surface area contributed by atoms with E-state index in [0.29, 0.717) is 59.5 Å². The molecule has 26 nitrogen and oxygen atoms in total. The first-order valence-corrected chi connectivity index (χ1v) is 22.3. The molecule has 0 saturated carbocycles. The number of nitro benzene ring substituents is 1. The van der Waals surface area contributed by atoms with Crippen molar-refractivity contribution in [3.63, 3.8) is 0 Å². The highest BCUT2D eigenvalue weighted by Gasteiger charge is 2.38. The molecular formula is C49H55N7O19. The number of fused-ring (bicyclic) bond motifs is 1. The van der Waals surface area contributed by atoms with Crippen LogP contribution < -0.4 is 24.3 Å². The van der Waals surface area contributed by atoms with Crippen molar-refractivity contribution in [3.05, 3.63) is 183 Å². The topological polar surface area (TPSA) is 318 Å². The molecule has 400 valence electrons. The van der Waals surface area contributed by atoms with Crippen molar-refractivity contribution in [1.82, 2.24) is 15.2 Å². The second-order valence-corrected chi connectivity index (χ2v) is 15.9. The predicted molar refractivity (Wildman–Crippen MR) is 265 cm³/mol. The van der Waals surface area contributed by atoms with Crippen LogP contribution in [0.2, 0.25) is 0 Å². The predicted octanol–water partition coefficient (Wildman–Crippen LogP) is 6.52. The van der Waals surface area contributed by atoms with E-state index in [1.807, 2.05) is 84.9 Å². The number of methoxy groups -OCH3 is 5. The third-order valence-corrected chi connectivity index (χ3v) is 10.9. The van der Waals surface area contributed by atoms with Crippen LogP contribution >= 0.6 is 0 Å². The van der Waals surface area contributed by atoms with Gasteiger partial charge in [0, 0.05) is 54.6 Å². The first-order chi connectivity index (χ1) is 35.8. The van der Waals surface area contributed by atoms with Crippen molar-refractivity contribution in [2.24, 2.45) is 0 Å². The molecule has 0 spiro atoms. The molecule has 0 bridgehead atoms. The second kappa shape index (κ2) is 28.6. The number of pyridine rings is 1. The van der Waals surface area contributed by atoms with E-state index >= 15 is 0 Å². The summed E-state index contributed by atoms with van der Waals surface area (Å²) in [5, 5.41) is 42.1. The van der Waals surface area contributed by atoms with Crippen LogP contribution in [-0.4, -0.2) is 117 Å². The molecule has 2 heterocycles. The molecule has 0 saturated heterocycles. The third kappa shape index (κ3) is 17.2. The lowest BCUT2D eigenvalue weighted by molar-refractivity contribution is -0.803. The van der Waals surface area contributed by atoms with Crippen molar-refractivity contribution >= 4 is 28.4 Å². The van der Waals surface area contributed by atoms with Crippen molar-refractivity contribution in [2.75, 3.05) is 69.0 Å². The summed E-state index contributed by atoms with van der Waals surface area (Å²) in [6, 6.07) is 27.6. The summed E-state index contributed by atoms with van der Waals surface area (Å²) in [4.78, 5) is 83.9. The zero-order valence-electron chi connectivity index (χ0n) is 42.1. The Morgan fingerprint density at radius 3 is 1.85 bits per heavy atom. The highest BCUT2D eigenvalue weighted by atomic mass is 17.0. The number of dihydropyridines is 1. The van der Waals surface area contributed by atoms with Gasteiger partial charge in [0.05, 0.1) is 63.2 Å². The van der Waals surface area contributed by atoms with E-state index in [4.69, 9.17) is 28.4 Å². The van der Waals surface area contributed by atoms with Crippen molar-refractivity contribution in [2.45, 2.75) is 38.8 Å². The number of hydrogen-bond donors (Lipinski definition) is 1. The fourth-order valence-corrected chi connectivity index (χ4v) is 7.55. The van der Waals surface area contributed by atoms with Crippen molar-refractivity contribution in [1.29, 1.82) is 0 Å². The zero-order valence-corrected chi connectivity index (χ0v) is 42.1. The van der Waals surface area contributed by atoms with Crippen LogP contribution in [0.1, 0.15) is 42.1 Å². The van der Waals surface area contributed by atoms with E-state index in [0.717, 1.165) is 27.6 Å². The number of carbonyl (C=O) groups is 2. The minimum Gasteiger partial charge on any atom is -0.493 e. The Morgan fingerprint density at radius 1 is 0.680 bits per heavy atom. The number of carbonyl (C=O) groups excluding carboxylic acids is 2. The molecule has 26 heteroatoms. The number of ether oxygens (including phenoxy) is 6. The highest BCUT2D eigenvalue weighted by Crippen LogP contribution is 2.40. The maximum Gasteiger partial charge on any atom is 0.336 e. The maximum absolute atomic E-state index is 13.3. The van der Waals surface area contributed by atoms with Crippen molar-refractivity contribution < 1.29 is 72.7 Å². The van der Waals surface area contributed by atoms with Gasteiger partial charge in [0.25, 0.3) is 20.9 Å². The molecule has 0 fully saturated rings. The number of hydrogen-bond acceptors (Lipinski definition) is 22. The lowest BCUT2D eigenvalue weighted by Crippen LogP contribution is -2.33. The first-order valence-electron chi connectivity index (χ1n) is 22.3. The van der Waals surface area contributed by atoms with Crippen LogP contribution in [0.5, 0.6) is 23.0 Å². The molecule has 0 radical (unpaired) electrons. The molecule has 1 aliphatic heterocycles. The summed E-state index contributed by atoms with van der Waals surface area (Å²) in [5.41, 5.74) is 4.90.